The second-order valence-electron chi connectivity index (χ2n) is 4.61. The normalized spacial score (nSPS) is 17.7. The van der Waals surface area contributed by atoms with Gasteiger partial charge in [-0.1, -0.05) is 12.8 Å². The molecular formula is C12H19NO3S. The van der Waals surface area contributed by atoms with Gasteiger partial charge < -0.3 is 9.73 Å². The van der Waals surface area contributed by atoms with Crippen molar-refractivity contribution in [3.8, 4) is 0 Å². The molecule has 4 nitrogen and oxygen atoms in total. The minimum absolute atomic E-state index is 0.0430. The zero-order valence-electron chi connectivity index (χ0n) is 10.1. The third-order valence-corrected chi connectivity index (χ3v) is 5.40. The molecule has 0 aliphatic heterocycles. The van der Waals surface area contributed by atoms with E-state index in [1.54, 1.807) is 6.07 Å². The first-order valence-corrected chi connectivity index (χ1v) is 7.77. The first-order valence-electron chi connectivity index (χ1n) is 6.05. The highest BCUT2D eigenvalue weighted by Crippen LogP contribution is 2.27. The van der Waals surface area contributed by atoms with Crippen molar-refractivity contribution in [2.45, 2.75) is 43.2 Å². The fourth-order valence-electron chi connectivity index (χ4n) is 2.33. The van der Waals surface area contributed by atoms with Crippen LogP contribution in [0.5, 0.6) is 0 Å². The molecule has 1 N–H and O–H groups in total. The molecule has 1 aromatic heterocycles. The summed E-state index contributed by atoms with van der Waals surface area (Å²) in [5.41, 5.74) is 0. The van der Waals surface area contributed by atoms with Gasteiger partial charge in [0.05, 0.1) is 11.8 Å². The van der Waals surface area contributed by atoms with Gasteiger partial charge in [-0.15, -0.1) is 0 Å². The summed E-state index contributed by atoms with van der Waals surface area (Å²) in [6, 6.07) is 3.59. The predicted octanol–water partition coefficient (Wildman–Crippen LogP) is 1.86. The van der Waals surface area contributed by atoms with Crippen LogP contribution < -0.4 is 5.32 Å². The highest BCUT2D eigenvalue weighted by Gasteiger charge is 2.29. The van der Waals surface area contributed by atoms with Gasteiger partial charge in [-0.2, -0.15) is 0 Å². The molecule has 1 fully saturated rings. The van der Waals surface area contributed by atoms with Gasteiger partial charge in [-0.05, 0) is 32.0 Å². The van der Waals surface area contributed by atoms with Crippen LogP contribution >= 0.6 is 0 Å². The van der Waals surface area contributed by atoms with E-state index in [0.717, 1.165) is 31.4 Å². The predicted molar refractivity (Wildman–Crippen MR) is 66.4 cm³/mol. The summed E-state index contributed by atoms with van der Waals surface area (Å²) in [7, 11) is -1.20. The molecule has 0 unspecified atom stereocenters. The number of sulfone groups is 1. The van der Waals surface area contributed by atoms with Gasteiger partial charge in [-0.3, -0.25) is 0 Å². The summed E-state index contributed by atoms with van der Waals surface area (Å²) < 4.78 is 29.7. The molecule has 96 valence electrons. The Balaban J connectivity index is 2.03. The fourth-order valence-corrected chi connectivity index (χ4v) is 4.17. The molecule has 1 heterocycles. The Morgan fingerprint density at radius 3 is 2.59 bits per heavy atom. The molecule has 0 bridgehead atoms. The molecule has 1 aliphatic carbocycles. The van der Waals surface area contributed by atoms with E-state index < -0.39 is 9.84 Å². The van der Waals surface area contributed by atoms with Gasteiger partial charge in [0.15, 0.2) is 9.84 Å². The molecule has 0 atom stereocenters. The van der Waals surface area contributed by atoms with E-state index >= 15 is 0 Å². The summed E-state index contributed by atoms with van der Waals surface area (Å²) in [5, 5.41) is 2.82. The number of hydrogen-bond acceptors (Lipinski definition) is 4. The summed E-state index contributed by atoms with van der Waals surface area (Å²) in [6.45, 7) is 0.628. The van der Waals surface area contributed by atoms with Crippen molar-refractivity contribution in [1.82, 2.24) is 5.32 Å². The monoisotopic (exact) mass is 257 g/mol. The van der Waals surface area contributed by atoms with E-state index in [2.05, 4.69) is 5.32 Å². The van der Waals surface area contributed by atoms with Crippen LogP contribution in [0.1, 0.15) is 37.2 Å². The highest BCUT2D eigenvalue weighted by molar-refractivity contribution is 7.91. The number of nitrogens with one attached hydrogen (secondary N) is 1. The minimum atomic E-state index is -3.03. The Morgan fingerprint density at radius 1 is 1.29 bits per heavy atom. The molecule has 0 saturated heterocycles. The van der Waals surface area contributed by atoms with Crippen LogP contribution in [0.4, 0.5) is 0 Å². The summed E-state index contributed by atoms with van der Waals surface area (Å²) in [4.78, 5) is 0. The maximum atomic E-state index is 12.1. The van der Waals surface area contributed by atoms with E-state index in [4.69, 9.17) is 4.42 Å². The van der Waals surface area contributed by atoms with Crippen molar-refractivity contribution in [2.24, 2.45) is 0 Å². The molecular weight excluding hydrogens is 238 g/mol. The zero-order valence-corrected chi connectivity index (χ0v) is 10.9. The van der Waals surface area contributed by atoms with Crippen LogP contribution in [0.15, 0.2) is 16.5 Å². The van der Waals surface area contributed by atoms with Gasteiger partial charge in [0, 0.05) is 0 Å². The van der Waals surface area contributed by atoms with Crippen LogP contribution in [0.2, 0.25) is 0 Å². The quantitative estimate of drug-likeness (QED) is 0.874. The van der Waals surface area contributed by atoms with Gasteiger partial charge in [0.1, 0.15) is 17.3 Å². The molecule has 17 heavy (non-hydrogen) atoms. The fraction of sp³-hybridized carbons (Fsp3) is 0.667. The Labute approximate surface area is 102 Å². The van der Waals surface area contributed by atoms with Crippen LogP contribution in [0, 0.1) is 0 Å². The molecule has 0 amide bonds. The molecule has 1 aromatic rings. The Bertz CT molecular complexity index is 458. The lowest BCUT2D eigenvalue weighted by molar-refractivity contribution is 0.464. The second kappa shape index (κ2) is 5.23. The third kappa shape index (κ3) is 3.10. The zero-order chi connectivity index (χ0) is 12.3. The van der Waals surface area contributed by atoms with Crippen molar-refractivity contribution in [3.63, 3.8) is 0 Å². The van der Waals surface area contributed by atoms with Gasteiger partial charge in [-0.25, -0.2) is 8.42 Å². The van der Waals surface area contributed by atoms with Gasteiger partial charge in [0.2, 0.25) is 0 Å². The Morgan fingerprint density at radius 2 is 1.94 bits per heavy atom. The lowest BCUT2D eigenvalue weighted by atomic mass is 10.4. The first kappa shape index (κ1) is 12.6. The van der Waals surface area contributed by atoms with E-state index in [0.29, 0.717) is 12.3 Å². The third-order valence-electron chi connectivity index (χ3n) is 3.22. The molecule has 1 saturated carbocycles. The molecule has 0 radical (unpaired) electrons. The number of furan rings is 1. The van der Waals surface area contributed by atoms with Crippen molar-refractivity contribution >= 4 is 9.84 Å². The molecule has 2 rings (SSSR count). The van der Waals surface area contributed by atoms with Crippen LogP contribution in [-0.4, -0.2) is 20.7 Å². The average molecular weight is 257 g/mol. The molecule has 1 aliphatic rings. The van der Waals surface area contributed by atoms with E-state index in [-0.39, 0.29) is 11.0 Å². The smallest absolute Gasteiger partial charge is 0.160 e. The maximum absolute atomic E-state index is 12.1. The van der Waals surface area contributed by atoms with Crippen LogP contribution in [0.3, 0.4) is 0 Å². The Kier molecular flexibility index (Phi) is 3.89. The summed E-state index contributed by atoms with van der Waals surface area (Å²) in [6.07, 6.45) is 3.69. The summed E-state index contributed by atoms with van der Waals surface area (Å²) in [5.74, 6) is 1.38. The van der Waals surface area contributed by atoms with Crippen LogP contribution in [0.25, 0.3) is 0 Å². The largest absolute Gasteiger partial charge is 0.464 e. The van der Waals surface area contributed by atoms with Gasteiger partial charge in [0.25, 0.3) is 0 Å². The SMILES string of the molecule is CNCc1ccc(CS(=O)(=O)C2CCCC2)o1. The standard InChI is InChI=1S/C12H19NO3S/c1-13-8-10-6-7-11(16-10)9-17(14,15)12-4-2-3-5-12/h6-7,12-13H,2-5,8-9H2,1H3. The van der Waals surface area contributed by atoms with E-state index in [1.807, 2.05) is 13.1 Å². The molecule has 5 heteroatoms. The minimum Gasteiger partial charge on any atom is -0.464 e. The number of hydrogen-bond donors (Lipinski definition) is 1. The van der Waals surface area contributed by atoms with Crippen molar-refractivity contribution in [1.29, 1.82) is 0 Å². The summed E-state index contributed by atoms with van der Waals surface area (Å²) >= 11 is 0. The Hall–Kier alpha value is -0.810. The van der Waals surface area contributed by atoms with Crippen molar-refractivity contribution in [3.05, 3.63) is 23.7 Å². The second-order valence-corrected chi connectivity index (χ2v) is 6.89. The number of rotatable bonds is 5. The first-order chi connectivity index (χ1) is 8.12. The van der Waals surface area contributed by atoms with Crippen molar-refractivity contribution < 1.29 is 12.8 Å². The van der Waals surface area contributed by atoms with Crippen LogP contribution in [-0.2, 0) is 22.1 Å². The van der Waals surface area contributed by atoms with Crippen molar-refractivity contribution in [2.75, 3.05) is 7.05 Å². The molecule has 0 spiro atoms. The van der Waals surface area contributed by atoms with E-state index in [1.165, 1.54) is 0 Å². The topological polar surface area (TPSA) is 59.3 Å². The average Bonchev–Trinajstić information content (AvgIpc) is 2.88. The van der Waals surface area contributed by atoms with Gasteiger partial charge >= 0.3 is 0 Å². The highest BCUT2D eigenvalue weighted by atomic mass is 32.2. The lowest BCUT2D eigenvalue weighted by Gasteiger charge is -2.09. The van der Waals surface area contributed by atoms with E-state index in [9.17, 15) is 8.42 Å². The maximum Gasteiger partial charge on any atom is 0.160 e. The molecule has 0 aromatic carbocycles. The lowest BCUT2D eigenvalue weighted by Crippen LogP contribution is -2.19.